The first-order valence-electron chi connectivity index (χ1n) is 12.6. The van der Waals surface area contributed by atoms with Gasteiger partial charge >= 0.3 is 0 Å². The SMILES string of the molecule is CCc1ccnc(Nc2cc(N3CCC4(CCCC(C(=O)NC)C4)C3)nc(-c3cccnc3)n2)c1. The molecular formula is C27H33N7O. The van der Waals surface area contributed by atoms with Crippen LogP contribution in [-0.4, -0.2) is 46.0 Å². The molecule has 182 valence electrons. The lowest BCUT2D eigenvalue weighted by atomic mass is 9.69. The minimum absolute atomic E-state index is 0.110. The van der Waals surface area contributed by atoms with Crippen molar-refractivity contribution in [3.05, 3.63) is 54.5 Å². The quantitative estimate of drug-likeness (QED) is 0.551. The van der Waals surface area contributed by atoms with Gasteiger partial charge in [-0.15, -0.1) is 0 Å². The fourth-order valence-corrected chi connectivity index (χ4v) is 5.56. The van der Waals surface area contributed by atoms with E-state index < -0.39 is 0 Å². The highest BCUT2D eigenvalue weighted by molar-refractivity contribution is 5.78. The molecule has 1 saturated heterocycles. The van der Waals surface area contributed by atoms with Crippen LogP contribution in [0.15, 0.2) is 48.9 Å². The van der Waals surface area contributed by atoms with E-state index in [1.165, 1.54) is 5.56 Å². The van der Waals surface area contributed by atoms with Crippen molar-refractivity contribution in [1.29, 1.82) is 0 Å². The Morgan fingerprint density at radius 1 is 1.17 bits per heavy atom. The number of rotatable bonds is 6. The molecule has 0 bridgehead atoms. The number of amides is 1. The van der Waals surface area contributed by atoms with E-state index in [-0.39, 0.29) is 17.2 Å². The maximum atomic E-state index is 12.4. The van der Waals surface area contributed by atoms with Gasteiger partial charge in [-0.3, -0.25) is 9.78 Å². The molecule has 4 heterocycles. The summed E-state index contributed by atoms with van der Waals surface area (Å²) >= 11 is 0. The first kappa shape index (κ1) is 23.2. The van der Waals surface area contributed by atoms with Crippen LogP contribution in [0.25, 0.3) is 11.4 Å². The van der Waals surface area contributed by atoms with E-state index in [4.69, 9.17) is 9.97 Å². The Bertz CT molecular complexity index is 1190. The van der Waals surface area contributed by atoms with Crippen molar-refractivity contribution < 1.29 is 4.79 Å². The molecule has 0 aromatic carbocycles. The van der Waals surface area contributed by atoms with Gasteiger partial charge in [0.05, 0.1) is 0 Å². The second-order valence-corrected chi connectivity index (χ2v) is 9.78. The summed E-state index contributed by atoms with van der Waals surface area (Å²) in [4.78, 5) is 33.2. The Balaban J connectivity index is 1.44. The third-order valence-corrected chi connectivity index (χ3v) is 7.44. The standard InChI is InChI=1S/C27H33N7O/c1-3-19-8-12-30-22(14-19)31-23-15-24(33-25(32-23)21-7-5-11-29-17-21)34-13-10-27(18-34)9-4-6-20(16-27)26(35)28-2/h5,7-8,11-12,14-15,17,20H,3-4,6,9-10,13,16,18H2,1-2H3,(H,28,35)(H,30,31,32,33). The molecule has 2 atom stereocenters. The van der Waals surface area contributed by atoms with Crippen LogP contribution >= 0.6 is 0 Å². The van der Waals surface area contributed by atoms with Crippen LogP contribution in [0.1, 0.15) is 44.6 Å². The molecule has 1 amide bonds. The van der Waals surface area contributed by atoms with E-state index in [9.17, 15) is 4.79 Å². The Kier molecular flexibility index (Phi) is 6.61. The minimum Gasteiger partial charge on any atom is -0.359 e. The molecular weight excluding hydrogens is 438 g/mol. The third-order valence-electron chi connectivity index (χ3n) is 7.44. The maximum Gasteiger partial charge on any atom is 0.222 e. The lowest BCUT2D eigenvalue weighted by molar-refractivity contribution is -0.126. The number of carbonyl (C=O) groups excluding carboxylic acids is 1. The van der Waals surface area contributed by atoms with Crippen molar-refractivity contribution in [3.8, 4) is 11.4 Å². The lowest BCUT2D eigenvalue weighted by Crippen LogP contribution is -2.38. The van der Waals surface area contributed by atoms with Crippen LogP contribution in [0.2, 0.25) is 0 Å². The number of nitrogens with one attached hydrogen (secondary N) is 2. The summed E-state index contributed by atoms with van der Waals surface area (Å²) in [5.74, 6) is 3.30. The second-order valence-electron chi connectivity index (χ2n) is 9.78. The van der Waals surface area contributed by atoms with Gasteiger partial charge in [-0.2, -0.15) is 0 Å². The van der Waals surface area contributed by atoms with E-state index >= 15 is 0 Å². The number of carbonyl (C=O) groups is 1. The molecule has 0 radical (unpaired) electrons. The molecule has 1 aliphatic carbocycles. The number of aromatic nitrogens is 4. The van der Waals surface area contributed by atoms with Crippen LogP contribution in [0.3, 0.4) is 0 Å². The predicted molar refractivity (Wildman–Crippen MR) is 137 cm³/mol. The molecule has 3 aromatic rings. The monoisotopic (exact) mass is 471 g/mol. The van der Waals surface area contributed by atoms with Gasteiger partial charge in [0, 0.05) is 56.3 Å². The van der Waals surface area contributed by atoms with Crippen molar-refractivity contribution in [1.82, 2.24) is 25.3 Å². The fraction of sp³-hybridized carbons (Fsp3) is 0.444. The number of aryl methyl sites for hydroxylation is 1. The number of pyridine rings is 2. The second kappa shape index (κ2) is 9.98. The van der Waals surface area contributed by atoms with Gasteiger partial charge in [0.2, 0.25) is 5.91 Å². The Hall–Kier alpha value is -3.55. The van der Waals surface area contributed by atoms with Crippen LogP contribution < -0.4 is 15.5 Å². The van der Waals surface area contributed by atoms with Gasteiger partial charge in [0.15, 0.2) is 5.82 Å². The topological polar surface area (TPSA) is 95.9 Å². The molecule has 8 nitrogen and oxygen atoms in total. The van der Waals surface area contributed by atoms with Crippen LogP contribution in [0, 0.1) is 11.3 Å². The number of nitrogens with zero attached hydrogens (tertiary/aromatic N) is 5. The number of hydrogen-bond donors (Lipinski definition) is 2. The zero-order valence-electron chi connectivity index (χ0n) is 20.5. The normalized spacial score (nSPS) is 21.8. The van der Waals surface area contributed by atoms with Crippen LogP contribution in [-0.2, 0) is 11.2 Å². The molecule has 1 saturated carbocycles. The van der Waals surface area contributed by atoms with Crippen molar-refractivity contribution in [2.24, 2.45) is 11.3 Å². The maximum absolute atomic E-state index is 12.4. The summed E-state index contributed by atoms with van der Waals surface area (Å²) in [5, 5.41) is 6.25. The first-order chi connectivity index (χ1) is 17.1. The Morgan fingerprint density at radius 2 is 2.09 bits per heavy atom. The molecule has 1 spiro atoms. The lowest BCUT2D eigenvalue weighted by Gasteiger charge is -2.37. The highest BCUT2D eigenvalue weighted by atomic mass is 16.1. The molecule has 2 unspecified atom stereocenters. The largest absolute Gasteiger partial charge is 0.359 e. The molecule has 2 fully saturated rings. The molecule has 5 rings (SSSR count). The Morgan fingerprint density at radius 3 is 2.89 bits per heavy atom. The fourth-order valence-electron chi connectivity index (χ4n) is 5.56. The van der Waals surface area contributed by atoms with Gasteiger partial charge in [0.25, 0.3) is 0 Å². The van der Waals surface area contributed by atoms with Gasteiger partial charge in [0.1, 0.15) is 17.5 Å². The summed E-state index contributed by atoms with van der Waals surface area (Å²) in [7, 11) is 1.74. The van der Waals surface area contributed by atoms with Crippen molar-refractivity contribution in [2.75, 3.05) is 30.4 Å². The smallest absolute Gasteiger partial charge is 0.222 e. The van der Waals surface area contributed by atoms with Gasteiger partial charge in [-0.25, -0.2) is 15.0 Å². The Labute approximate surface area is 206 Å². The highest BCUT2D eigenvalue weighted by Gasteiger charge is 2.43. The number of hydrogen-bond acceptors (Lipinski definition) is 7. The van der Waals surface area contributed by atoms with Crippen LogP contribution in [0.5, 0.6) is 0 Å². The first-order valence-corrected chi connectivity index (χ1v) is 12.6. The van der Waals surface area contributed by atoms with Gasteiger partial charge < -0.3 is 15.5 Å². The summed E-state index contributed by atoms with van der Waals surface area (Å²) in [6, 6.07) is 9.97. The minimum atomic E-state index is 0.110. The molecule has 3 aromatic heterocycles. The molecule has 1 aliphatic heterocycles. The summed E-state index contributed by atoms with van der Waals surface area (Å²) in [6.07, 6.45) is 11.6. The average Bonchev–Trinajstić information content (AvgIpc) is 3.31. The van der Waals surface area contributed by atoms with Gasteiger partial charge in [-0.1, -0.05) is 13.3 Å². The molecule has 8 heteroatoms. The van der Waals surface area contributed by atoms with Crippen LogP contribution in [0.4, 0.5) is 17.5 Å². The highest BCUT2D eigenvalue weighted by Crippen LogP contribution is 2.47. The zero-order valence-corrected chi connectivity index (χ0v) is 20.5. The predicted octanol–water partition coefficient (Wildman–Crippen LogP) is 4.37. The van der Waals surface area contributed by atoms with E-state index in [1.807, 2.05) is 30.5 Å². The van der Waals surface area contributed by atoms with Gasteiger partial charge in [-0.05, 0) is 67.3 Å². The zero-order chi connectivity index (χ0) is 24.3. The van der Waals surface area contributed by atoms with Crippen molar-refractivity contribution in [2.45, 2.75) is 45.4 Å². The molecule has 35 heavy (non-hydrogen) atoms. The number of anilines is 3. The van der Waals surface area contributed by atoms with E-state index in [2.05, 4.69) is 38.5 Å². The van der Waals surface area contributed by atoms with E-state index in [0.717, 1.165) is 68.8 Å². The summed E-state index contributed by atoms with van der Waals surface area (Å²) < 4.78 is 0. The molecule has 2 N–H and O–H groups in total. The summed E-state index contributed by atoms with van der Waals surface area (Å²) in [5.41, 5.74) is 2.26. The average molecular weight is 472 g/mol. The molecule has 2 aliphatic rings. The van der Waals surface area contributed by atoms with Crippen molar-refractivity contribution >= 4 is 23.4 Å². The van der Waals surface area contributed by atoms with Crippen molar-refractivity contribution in [3.63, 3.8) is 0 Å². The third kappa shape index (κ3) is 5.11. The van der Waals surface area contributed by atoms with E-state index in [0.29, 0.717) is 11.6 Å². The van der Waals surface area contributed by atoms with E-state index in [1.54, 1.807) is 19.4 Å². The summed E-state index contributed by atoms with van der Waals surface area (Å²) in [6.45, 7) is 3.96.